The van der Waals surface area contributed by atoms with Crippen LogP contribution >= 0.6 is 11.6 Å². The van der Waals surface area contributed by atoms with Crippen molar-refractivity contribution in [3.63, 3.8) is 0 Å². The van der Waals surface area contributed by atoms with Gasteiger partial charge < -0.3 is 14.6 Å². The van der Waals surface area contributed by atoms with Crippen molar-refractivity contribution in [3.8, 4) is 22.7 Å². The molecular weight excluding hydrogens is 415 g/mol. The van der Waals surface area contributed by atoms with Crippen LogP contribution in [0.1, 0.15) is 16.1 Å². The highest BCUT2D eigenvalue weighted by atomic mass is 35.5. The lowest BCUT2D eigenvalue weighted by atomic mass is 10.1. The average Bonchev–Trinajstić information content (AvgIpc) is 3.13. The number of benzene rings is 3. The number of anilines is 1. The van der Waals surface area contributed by atoms with Gasteiger partial charge in [0.05, 0.1) is 18.4 Å². The van der Waals surface area contributed by atoms with Crippen LogP contribution in [0.4, 0.5) is 10.1 Å². The minimum atomic E-state index is -0.357. The Kier molecular flexibility index (Phi) is 5.78. The van der Waals surface area contributed by atoms with E-state index in [0.717, 1.165) is 28.4 Å². The summed E-state index contributed by atoms with van der Waals surface area (Å²) in [5.41, 5.74) is 4.48. The summed E-state index contributed by atoms with van der Waals surface area (Å²) in [5.74, 6) is 0.118. The first kappa shape index (κ1) is 20.7. The summed E-state index contributed by atoms with van der Waals surface area (Å²) in [6.07, 6.45) is 0. The molecule has 4 nitrogen and oxygen atoms in total. The number of ether oxygens (including phenoxy) is 1. The predicted molar refractivity (Wildman–Crippen MR) is 122 cm³/mol. The van der Waals surface area contributed by atoms with Crippen LogP contribution in [-0.2, 0) is 0 Å². The first-order valence-corrected chi connectivity index (χ1v) is 10.0. The van der Waals surface area contributed by atoms with E-state index in [9.17, 15) is 9.18 Å². The normalized spacial score (nSPS) is 10.7. The SMILES string of the molecule is COc1ccc(-n2c(-c3ccc(Cl)cc3)cc(C(=O)Nc3ccc(F)cc3)c2C)cc1. The summed E-state index contributed by atoms with van der Waals surface area (Å²) in [5, 5.41) is 3.47. The third-order valence-electron chi connectivity index (χ3n) is 5.06. The zero-order valence-electron chi connectivity index (χ0n) is 17.0. The van der Waals surface area contributed by atoms with Crippen LogP contribution in [-0.4, -0.2) is 17.6 Å². The molecular formula is C25H20ClFN2O2. The molecule has 0 aliphatic rings. The van der Waals surface area contributed by atoms with Gasteiger partial charge in [-0.25, -0.2) is 4.39 Å². The fraction of sp³-hybridized carbons (Fsp3) is 0.0800. The molecule has 0 aliphatic carbocycles. The second-order valence-electron chi connectivity index (χ2n) is 7.03. The Morgan fingerprint density at radius 1 is 0.968 bits per heavy atom. The Morgan fingerprint density at radius 3 is 2.23 bits per heavy atom. The molecule has 0 spiro atoms. The molecule has 0 aliphatic heterocycles. The number of methoxy groups -OCH3 is 1. The van der Waals surface area contributed by atoms with Gasteiger partial charge in [0.2, 0.25) is 0 Å². The number of nitrogens with one attached hydrogen (secondary N) is 1. The summed E-state index contributed by atoms with van der Waals surface area (Å²) in [6.45, 7) is 1.89. The molecule has 1 amide bonds. The van der Waals surface area contributed by atoms with Crippen molar-refractivity contribution in [2.75, 3.05) is 12.4 Å². The molecule has 156 valence electrons. The highest BCUT2D eigenvalue weighted by molar-refractivity contribution is 6.30. The zero-order valence-corrected chi connectivity index (χ0v) is 17.8. The molecule has 3 aromatic carbocycles. The highest BCUT2D eigenvalue weighted by Gasteiger charge is 2.20. The number of hydrogen-bond donors (Lipinski definition) is 1. The molecule has 1 heterocycles. The first-order valence-electron chi connectivity index (χ1n) is 9.66. The Balaban J connectivity index is 1.80. The van der Waals surface area contributed by atoms with Crippen LogP contribution in [0.2, 0.25) is 5.02 Å². The van der Waals surface area contributed by atoms with Crippen molar-refractivity contribution >= 4 is 23.2 Å². The van der Waals surface area contributed by atoms with Crippen molar-refractivity contribution in [2.24, 2.45) is 0 Å². The fourth-order valence-electron chi connectivity index (χ4n) is 3.47. The van der Waals surface area contributed by atoms with Gasteiger partial charge in [0.25, 0.3) is 5.91 Å². The third kappa shape index (κ3) is 4.32. The summed E-state index contributed by atoms with van der Waals surface area (Å²) < 4.78 is 20.5. The van der Waals surface area contributed by atoms with E-state index < -0.39 is 0 Å². The number of halogens is 2. The van der Waals surface area contributed by atoms with Crippen molar-refractivity contribution < 1.29 is 13.9 Å². The summed E-state index contributed by atoms with van der Waals surface area (Å²) in [4.78, 5) is 13.0. The third-order valence-corrected chi connectivity index (χ3v) is 5.32. The smallest absolute Gasteiger partial charge is 0.257 e. The van der Waals surface area contributed by atoms with Gasteiger partial charge >= 0.3 is 0 Å². The largest absolute Gasteiger partial charge is 0.497 e. The Labute approximate surface area is 184 Å². The molecule has 4 aromatic rings. The lowest BCUT2D eigenvalue weighted by molar-refractivity contribution is 0.102. The molecule has 0 unspecified atom stereocenters. The maximum atomic E-state index is 13.2. The summed E-state index contributed by atoms with van der Waals surface area (Å²) in [6, 6.07) is 22.6. The number of nitrogens with zero attached hydrogens (tertiary/aromatic N) is 1. The van der Waals surface area contributed by atoms with E-state index in [0.29, 0.717) is 16.3 Å². The van der Waals surface area contributed by atoms with Crippen molar-refractivity contribution in [2.45, 2.75) is 6.92 Å². The molecule has 0 fully saturated rings. The van der Waals surface area contributed by atoms with Crippen LogP contribution in [0.15, 0.2) is 78.9 Å². The van der Waals surface area contributed by atoms with E-state index in [4.69, 9.17) is 16.3 Å². The number of aromatic nitrogens is 1. The minimum Gasteiger partial charge on any atom is -0.497 e. The van der Waals surface area contributed by atoms with E-state index in [1.54, 1.807) is 7.11 Å². The molecule has 1 aromatic heterocycles. The standard InChI is InChI=1S/C25H20ClFN2O2/c1-16-23(25(30)28-20-9-7-19(27)8-10-20)15-24(17-3-5-18(26)6-4-17)29(16)21-11-13-22(31-2)14-12-21/h3-15H,1-2H3,(H,28,30). The first-order chi connectivity index (χ1) is 15.0. The molecule has 0 atom stereocenters. The monoisotopic (exact) mass is 434 g/mol. The van der Waals surface area contributed by atoms with Crippen LogP contribution in [0, 0.1) is 12.7 Å². The Morgan fingerprint density at radius 2 is 1.61 bits per heavy atom. The fourth-order valence-corrected chi connectivity index (χ4v) is 3.59. The molecule has 0 bridgehead atoms. The van der Waals surface area contributed by atoms with Gasteiger partial charge in [-0.15, -0.1) is 0 Å². The quantitative estimate of drug-likeness (QED) is 0.389. The van der Waals surface area contributed by atoms with Gasteiger partial charge in [0, 0.05) is 22.1 Å². The van der Waals surface area contributed by atoms with Crippen LogP contribution in [0.3, 0.4) is 0 Å². The Hall–Kier alpha value is -3.57. The highest BCUT2D eigenvalue weighted by Crippen LogP contribution is 2.31. The molecule has 0 saturated carbocycles. The lowest BCUT2D eigenvalue weighted by Crippen LogP contribution is -2.13. The second-order valence-corrected chi connectivity index (χ2v) is 7.47. The van der Waals surface area contributed by atoms with Gasteiger partial charge in [-0.05, 0) is 79.2 Å². The number of carbonyl (C=O) groups is 1. The molecule has 0 saturated heterocycles. The van der Waals surface area contributed by atoms with Crippen LogP contribution < -0.4 is 10.1 Å². The topological polar surface area (TPSA) is 43.3 Å². The molecule has 1 N–H and O–H groups in total. The lowest BCUT2D eigenvalue weighted by Gasteiger charge is -2.13. The van der Waals surface area contributed by atoms with Gasteiger partial charge in [0.15, 0.2) is 0 Å². The number of rotatable bonds is 5. The van der Waals surface area contributed by atoms with E-state index >= 15 is 0 Å². The van der Waals surface area contributed by atoms with Crippen LogP contribution in [0.5, 0.6) is 5.75 Å². The predicted octanol–water partition coefficient (Wildman–Crippen LogP) is 6.51. The van der Waals surface area contributed by atoms with Crippen molar-refractivity contribution in [1.82, 2.24) is 4.57 Å². The van der Waals surface area contributed by atoms with E-state index in [2.05, 4.69) is 5.32 Å². The van der Waals surface area contributed by atoms with E-state index in [-0.39, 0.29) is 11.7 Å². The molecule has 0 radical (unpaired) electrons. The Bertz CT molecular complexity index is 1210. The van der Waals surface area contributed by atoms with Gasteiger partial charge in [0.1, 0.15) is 11.6 Å². The van der Waals surface area contributed by atoms with Gasteiger partial charge in [-0.3, -0.25) is 4.79 Å². The average molecular weight is 435 g/mol. The molecule has 4 rings (SSSR count). The summed E-state index contributed by atoms with van der Waals surface area (Å²) >= 11 is 6.07. The number of carbonyl (C=O) groups excluding carboxylic acids is 1. The van der Waals surface area contributed by atoms with Crippen LogP contribution in [0.25, 0.3) is 16.9 Å². The zero-order chi connectivity index (χ0) is 22.0. The number of amides is 1. The second kappa shape index (κ2) is 8.66. The number of hydrogen-bond acceptors (Lipinski definition) is 2. The van der Waals surface area contributed by atoms with E-state index in [1.807, 2.05) is 66.1 Å². The maximum absolute atomic E-state index is 13.2. The van der Waals surface area contributed by atoms with Crippen molar-refractivity contribution in [3.05, 3.63) is 101 Å². The molecule has 6 heteroatoms. The van der Waals surface area contributed by atoms with Gasteiger partial charge in [-0.1, -0.05) is 23.7 Å². The minimum absolute atomic E-state index is 0.272. The maximum Gasteiger partial charge on any atom is 0.257 e. The van der Waals surface area contributed by atoms with Gasteiger partial charge in [-0.2, -0.15) is 0 Å². The van der Waals surface area contributed by atoms with Crippen molar-refractivity contribution in [1.29, 1.82) is 0 Å². The van der Waals surface area contributed by atoms with E-state index in [1.165, 1.54) is 24.3 Å². The summed E-state index contributed by atoms with van der Waals surface area (Å²) in [7, 11) is 1.62. The molecule has 31 heavy (non-hydrogen) atoms.